The minimum Gasteiger partial charge on any atom is -0.387 e. The van der Waals surface area contributed by atoms with Crippen LogP contribution in [0, 0.1) is 5.92 Å². The van der Waals surface area contributed by atoms with Crippen molar-refractivity contribution in [3.63, 3.8) is 0 Å². The summed E-state index contributed by atoms with van der Waals surface area (Å²) in [6.07, 6.45) is 3.02. The van der Waals surface area contributed by atoms with Crippen molar-refractivity contribution in [2.75, 3.05) is 24.7 Å². The molecule has 2 unspecified atom stereocenters. The van der Waals surface area contributed by atoms with Crippen molar-refractivity contribution < 1.29 is 9.53 Å². The molecule has 118 valence electrons. The molecule has 0 aliphatic rings. The molecule has 0 radical (unpaired) electrons. The van der Waals surface area contributed by atoms with Gasteiger partial charge >= 0.3 is 0 Å². The number of hydrogen-bond donors (Lipinski definition) is 1. The number of hydrogen-bond acceptors (Lipinski definition) is 4. The quantitative estimate of drug-likeness (QED) is 0.342. The van der Waals surface area contributed by atoms with Crippen molar-refractivity contribution in [2.24, 2.45) is 16.6 Å². The van der Waals surface area contributed by atoms with Crippen LogP contribution >= 0.6 is 11.8 Å². The first-order valence-electron chi connectivity index (χ1n) is 7.45. The topological polar surface area (TPSA) is 64.7 Å². The summed E-state index contributed by atoms with van der Waals surface area (Å²) in [5, 5.41) is 0. The molecule has 0 aromatic carbocycles. The molecule has 0 saturated carbocycles. The first-order valence-corrected chi connectivity index (χ1v) is 8.61. The lowest BCUT2D eigenvalue weighted by Crippen LogP contribution is -2.15. The molecule has 5 heteroatoms. The molecular formula is C15H30N2O2S. The van der Waals surface area contributed by atoms with Gasteiger partial charge in [0, 0.05) is 31.2 Å². The first-order chi connectivity index (χ1) is 9.47. The second-order valence-corrected chi connectivity index (χ2v) is 6.27. The maximum atomic E-state index is 11.1. The third-order valence-electron chi connectivity index (χ3n) is 3.09. The summed E-state index contributed by atoms with van der Waals surface area (Å²) in [7, 11) is 0. The van der Waals surface area contributed by atoms with Crippen LogP contribution in [0.1, 0.15) is 47.0 Å². The van der Waals surface area contributed by atoms with Gasteiger partial charge in [-0.1, -0.05) is 6.92 Å². The molecule has 20 heavy (non-hydrogen) atoms. The Morgan fingerprint density at radius 3 is 2.70 bits per heavy atom. The number of rotatable bonds is 12. The van der Waals surface area contributed by atoms with E-state index >= 15 is 0 Å². The van der Waals surface area contributed by atoms with Crippen LogP contribution in [-0.4, -0.2) is 42.4 Å². The van der Waals surface area contributed by atoms with Gasteiger partial charge in [-0.25, -0.2) is 0 Å². The van der Waals surface area contributed by atoms with Crippen LogP contribution in [0.2, 0.25) is 0 Å². The van der Waals surface area contributed by atoms with Gasteiger partial charge in [0.05, 0.1) is 11.9 Å². The largest absolute Gasteiger partial charge is 0.387 e. The average Bonchev–Trinajstić information content (AvgIpc) is 2.38. The van der Waals surface area contributed by atoms with Crippen molar-refractivity contribution >= 4 is 23.4 Å². The van der Waals surface area contributed by atoms with Crippen LogP contribution in [-0.2, 0) is 9.53 Å². The van der Waals surface area contributed by atoms with Crippen molar-refractivity contribution in [1.29, 1.82) is 0 Å². The molecular weight excluding hydrogens is 272 g/mol. The number of nitrogens with zero attached hydrogens (tertiary/aromatic N) is 1. The molecule has 0 heterocycles. The molecule has 0 aliphatic carbocycles. The lowest BCUT2D eigenvalue weighted by atomic mass is 10.1. The Labute approximate surface area is 127 Å². The van der Waals surface area contributed by atoms with Crippen LogP contribution in [0.5, 0.6) is 0 Å². The molecule has 0 spiro atoms. The van der Waals surface area contributed by atoms with E-state index in [1.807, 2.05) is 25.6 Å². The molecule has 4 nitrogen and oxygen atoms in total. The van der Waals surface area contributed by atoms with Gasteiger partial charge in [0.2, 0.25) is 0 Å². The van der Waals surface area contributed by atoms with Gasteiger partial charge in [0.25, 0.3) is 0 Å². The number of carbonyl (C=O) groups is 1. The van der Waals surface area contributed by atoms with Crippen LogP contribution < -0.4 is 5.73 Å². The summed E-state index contributed by atoms with van der Waals surface area (Å²) in [5.41, 5.74) is 5.87. The van der Waals surface area contributed by atoms with E-state index in [4.69, 9.17) is 10.5 Å². The average molecular weight is 302 g/mol. The summed E-state index contributed by atoms with van der Waals surface area (Å²) in [6, 6.07) is 0. The molecule has 0 aromatic rings. The molecule has 0 amide bonds. The first kappa shape index (κ1) is 19.4. The maximum absolute atomic E-state index is 11.1. The number of thioether (sulfide) groups is 1. The number of amidine groups is 1. The van der Waals surface area contributed by atoms with E-state index in [9.17, 15) is 4.79 Å². The monoisotopic (exact) mass is 302 g/mol. The lowest BCUT2D eigenvalue weighted by Gasteiger charge is -2.09. The van der Waals surface area contributed by atoms with Crippen LogP contribution in [0.4, 0.5) is 0 Å². The Balaban J connectivity index is 3.57. The highest BCUT2D eigenvalue weighted by molar-refractivity contribution is 7.99. The van der Waals surface area contributed by atoms with E-state index < -0.39 is 0 Å². The van der Waals surface area contributed by atoms with Crippen molar-refractivity contribution in [2.45, 2.75) is 53.1 Å². The van der Waals surface area contributed by atoms with E-state index in [1.54, 1.807) is 6.92 Å². The maximum Gasteiger partial charge on any atom is 0.133 e. The van der Waals surface area contributed by atoms with Crippen molar-refractivity contribution in [3.8, 4) is 0 Å². The number of nitrogens with two attached hydrogens (primary N) is 1. The highest BCUT2D eigenvalue weighted by Gasteiger charge is 2.06. The predicted octanol–water partition coefficient (Wildman–Crippen LogP) is 2.90. The van der Waals surface area contributed by atoms with Gasteiger partial charge in [-0.05, 0) is 39.4 Å². The highest BCUT2D eigenvalue weighted by atomic mass is 32.2. The van der Waals surface area contributed by atoms with Gasteiger partial charge < -0.3 is 10.5 Å². The van der Waals surface area contributed by atoms with Gasteiger partial charge in [0.1, 0.15) is 5.78 Å². The Hall–Kier alpha value is -0.550. The molecule has 0 rings (SSSR count). The molecule has 2 N–H and O–H groups in total. The smallest absolute Gasteiger partial charge is 0.133 e. The summed E-state index contributed by atoms with van der Waals surface area (Å²) >= 11 is 1.82. The predicted molar refractivity (Wildman–Crippen MR) is 88.6 cm³/mol. The number of ether oxygens (including phenoxy) is 1. The summed E-state index contributed by atoms with van der Waals surface area (Å²) < 4.78 is 5.44. The van der Waals surface area contributed by atoms with Crippen LogP contribution in [0.15, 0.2) is 4.99 Å². The normalized spacial score (nSPS) is 15.1. The molecule has 0 aromatic heterocycles. The minimum atomic E-state index is 0.158. The van der Waals surface area contributed by atoms with Gasteiger partial charge in [-0.3, -0.25) is 9.79 Å². The fourth-order valence-electron chi connectivity index (χ4n) is 1.57. The molecule has 0 aliphatic heterocycles. The number of aliphatic imine (C=N–C) groups is 1. The third-order valence-corrected chi connectivity index (χ3v) is 4.40. The summed E-state index contributed by atoms with van der Waals surface area (Å²) in [5.74, 6) is 3.09. The molecule has 0 bridgehead atoms. The van der Waals surface area contributed by atoms with E-state index in [0.29, 0.717) is 0 Å². The van der Waals surface area contributed by atoms with Crippen LogP contribution in [0.25, 0.3) is 0 Å². The zero-order valence-electron chi connectivity index (χ0n) is 13.4. The third kappa shape index (κ3) is 11.3. The second-order valence-electron chi connectivity index (χ2n) is 5.12. The van der Waals surface area contributed by atoms with Gasteiger partial charge in [-0.2, -0.15) is 11.8 Å². The molecule has 0 saturated heterocycles. The van der Waals surface area contributed by atoms with E-state index in [-0.39, 0.29) is 17.8 Å². The minimum absolute atomic E-state index is 0.158. The van der Waals surface area contributed by atoms with Gasteiger partial charge in [0.15, 0.2) is 0 Å². The molecule has 2 atom stereocenters. The Bertz CT molecular complexity index is 296. The summed E-state index contributed by atoms with van der Waals surface area (Å²) in [4.78, 5) is 15.4. The standard InChI is InChI=1S/C15H30N2O2S/c1-5-19-13(3)8-9-17-15(16)7-6-10-20-11-12(2)14(4)18/h12-13H,5-11H2,1-4H3,(H2,16,17). The SMILES string of the molecule is CCOC(C)CCN=C(N)CCCSCC(C)C(C)=O. The Morgan fingerprint density at radius 1 is 1.40 bits per heavy atom. The van der Waals surface area contributed by atoms with E-state index in [2.05, 4.69) is 11.9 Å². The van der Waals surface area contributed by atoms with Gasteiger partial charge in [-0.15, -0.1) is 0 Å². The lowest BCUT2D eigenvalue weighted by molar-refractivity contribution is -0.119. The van der Waals surface area contributed by atoms with E-state index in [1.165, 1.54) is 0 Å². The zero-order valence-corrected chi connectivity index (χ0v) is 14.2. The second kappa shape index (κ2) is 12.2. The zero-order chi connectivity index (χ0) is 15.4. The molecule has 0 fully saturated rings. The highest BCUT2D eigenvalue weighted by Crippen LogP contribution is 2.11. The fraction of sp³-hybridized carbons (Fsp3) is 0.867. The fourth-order valence-corrected chi connectivity index (χ4v) is 2.67. The van der Waals surface area contributed by atoms with Crippen molar-refractivity contribution in [1.82, 2.24) is 0 Å². The Morgan fingerprint density at radius 2 is 2.10 bits per heavy atom. The number of carbonyl (C=O) groups excluding carboxylic acids is 1. The van der Waals surface area contributed by atoms with E-state index in [0.717, 1.165) is 49.8 Å². The number of ketones is 1. The van der Waals surface area contributed by atoms with Crippen molar-refractivity contribution in [3.05, 3.63) is 0 Å². The summed E-state index contributed by atoms with van der Waals surface area (Å²) in [6.45, 7) is 9.17. The van der Waals surface area contributed by atoms with Crippen LogP contribution in [0.3, 0.4) is 0 Å². The number of Topliss-reactive ketones (excluding diaryl/α,β-unsaturated/α-hetero) is 1. The Kier molecular flexibility index (Phi) is 11.9.